The predicted octanol–water partition coefficient (Wildman–Crippen LogP) is 1.92. The van der Waals surface area contributed by atoms with Crippen molar-refractivity contribution in [2.24, 2.45) is 5.84 Å². The van der Waals surface area contributed by atoms with Crippen LogP contribution in [0.3, 0.4) is 0 Å². The smallest absolute Gasteiger partial charge is 0.131 e. The van der Waals surface area contributed by atoms with Crippen LogP contribution in [0, 0.1) is 25.5 Å². The molecule has 19 heavy (non-hydrogen) atoms. The second kappa shape index (κ2) is 5.38. The van der Waals surface area contributed by atoms with Gasteiger partial charge < -0.3 is 0 Å². The van der Waals surface area contributed by atoms with Crippen LogP contribution in [0.4, 0.5) is 8.78 Å². The number of nitrogens with zero attached hydrogens (tertiary/aromatic N) is 2. The van der Waals surface area contributed by atoms with Crippen molar-refractivity contribution in [3.05, 3.63) is 58.4 Å². The fourth-order valence-corrected chi connectivity index (χ4v) is 1.94. The highest BCUT2D eigenvalue weighted by Crippen LogP contribution is 2.26. The molecule has 1 unspecified atom stereocenters. The molecule has 1 atom stereocenters. The summed E-state index contributed by atoms with van der Waals surface area (Å²) in [7, 11) is 0. The molecule has 0 spiro atoms. The van der Waals surface area contributed by atoms with E-state index in [4.69, 9.17) is 5.84 Å². The maximum atomic E-state index is 13.8. The average Bonchev–Trinajstić information content (AvgIpc) is 2.36. The number of hydrazine groups is 1. The van der Waals surface area contributed by atoms with E-state index in [1.165, 1.54) is 12.1 Å². The van der Waals surface area contributed by atoms with Gasteiger partial charge in [-0.25, -0.2) is 14.2 Å². The summed E-state index contributed by atoms with van der Waals surface area (Å²) in [6.07, 6.45) is 0. The molecule has 0 aliphatic heterocycles. The van der Waals surface area contributed by atoms with Crippen molar-refractivity contribution in [3.63, 3.8) is 0 Å². The molecule has 0 fully saturated rings. The molecule has 2 rings (SSSR count). The first-order valence-corrected chi connectivity index (χ1v) is 5.75. The molecule has 2 aromatic rings. The Balaban J connectivity index is 2.52. The van der Waals surface area contributed by atoms with Gasteiger partial charge in [0.1, 0.15) is 11.6 Å². The van der Waals surface area contributed by atoms with E-state index >= 15 is 0 Å². The SMILES string of the molecule is Cc1cc(C(NN)c2ccc(F)cc2F)c(C)nn1. The molecule has 0 bridgehead atoms. The Labute approximate surface area is 109 Å². The molecule has 0 aliphatic rings. The number of nitrogens with one attached hydrogen (secondary N) is 1. The van der Waals surface area contributed by atoms with Gasteiger partial charge in [0.25, 0.3) is 0 Å². The highest BCUT2D eigenvalue weighted by molar-refractivity contribution is 5.35. The fraction of sp³-hybridized carbons (Fsp3) is 0.231. The number of nitrogens with two attached hydrogens (primary N) is 1. The van der Waals surface area contributed by atoms with Crippen LogP contribution in [-0.4, -0.2) is 10.2 Å². The van der Waals surface area contributed by atoms with E-state index in [9.17, 15) is 8.78 Å². The second-order valence-electron chi connectivity index (χ2n) is 4.29. The molecule has 0 amide bonds. The number of aryl methyl sites for hydroxylation is 2. The van der Waals surface area contributed by atoms with Gasteiger partial charge in [-0.1, -0.05) is 6.07 Å². The van der Waals surface area contributed by atoms with Crippen molar-refractivity contribution >= 4 is 0 Å². The van der Waals surface area contributed by atoms with Crippen LogP contribution < -0.4 is 11.3 Å². The van der Waals surface area contributed by atoms with Gasteiger partial charge in [-0.15, -0.1) is 0 Å². The Hall–Kier alpha value is -1.92. The standard InChI is InChI=1S/C13H14F2N4/c1-7-5-11(8(2)19-18-7)13(17-16)10-4-3-9(14)6-12(10)15/h3-6,13,17H,16H2,1-2H3. The molecule has 3 N–H and O–H groups in total. The zero-order chi connectivity index (χ0) is 14.0. The monoisotopic (exact) mass is 264 g/mol. The van der Waals surface area contributed by atoms with Gasteiger partial charge in [0, 0.05) is 11.6 Å². The average molecular weight is 264 g/mol. The lowest BCUT2D eigenvalue weighted by atomic mass is 9.97. The molecule has 1 heterocycles. The molecule has 0 radical (unpaired) electrons. The Morgan fingerprint density at radius 2 is 1.84 bits per heavy atom. The summed E-state index contributed by atoms with van der Waals surface area (Å²) in [6.45, 7) is 3.54. The summed E-state index contributed by atoms with van der Waals surface area (Å²) in [5.41, 5.74) is 4.84. The van der Waals surface area contributed by atoms with Gasteiger partial charge in [0.2, 0.25) is 0 Å². The molecule has 100 valence electrons. The Morgan fingerprint density at radius 3 is 2.47 bits per heavy atom. The van der Waals surface area contributed by atoms with Crippen LogP contribution in [0.2, 0.25) is 0 Å². The predicted molar refractivity (Wildman–Crippen MR) is 67.0 cm³/mol. The van der Waals surface area contributed by atoms with E-state index in [1.807, 2.05) is 0 Å². The Bertz CT molecular complexity index is 601. The lowest BCUT2D eigenvalue weighted by Gasteiger charge is -2.19. The Kier molecular flexibility index (Phi) is 3.82. The van der Waals surface area contributed by atoms with Crippen LogP contribution in [0.25, 0.3) is 0 Å². The van der Waals surface area contributed by atoms with Crippen molar-refractivity contribution < 1.29 is 8.78 Å². The fourth-order valence-electron chi connectivity index (χ4n) is 1.94. The van der Waals surface area contributed by atoms with Crippen LogP contribution >= 0.6 is 0 Å². The largest absolute Gasteiger partial charge is 0.271 e. The molecule has 4 nitrogen and oxygen atoms in total. The zero-order valence-electron chi connectivity index (χ0n) is 10.6. The van der Waals surface area contributed by atoms with Crippen molar-refractivity contribution in [2.45, 2.75) is 19.9 Å². The number of aromatic nitrogens is 2. The summed E-state index contributed by atoms with van der Waals surface area (Å²) in [5, 5.41) is 7.89. The van der Waals surface area contributed by atoms with Crippen LogP contribution in [0.15, 0.2) is 24.3 Å². The summed E-state index contributed by atoms with van der Waals surface area (Å²) >= 11 is 0. The summed E-state index contributed by atoms with van der Waals surface area (Å²) in [5.74, 6) is 4.22. The van der Waals surface area contributed by atoms with Gasteiger partial charge in [-0.05, 0) is 31.5 Å². The molecule has 1 aromatic carbocycles. The van der Waals surface area contributed by atoms with Crippen LogP contribution in [0.5, 0.6) is 0 Å². The number of halogens is 2. The lowest BCUT2D eigenvalue weighted by Crippen LogP contribution is -2.30. The second-order valence-corrected chi connectivity index (χ2v) is 4.29. The van der Waals surface area contributed by atoms with Gasteiger partial charge in [0.15, 0.2) is 0 Å². The normalized spacial score (nSPS) is 12.5. The Morgan fingerprint density at radius 1 is 1.11 bits per heavy atom. The first-order chi connectivity index (χ1) is 9.02. The number of hydrogen-bond donors (Lipinski definition) is 2. The third-order valence-electron chi connectivity index (χ3n) is 2.89. The quantitative estimate of drug-likeness (QED) is 0.656. The van der Waals surface area contributed by atoms with E-state index in [2.05, 4.69) is 15.6 Å². The summed E-state index contributed by atoms with van der Waals surface area (Å²) < 4.78 is 26.8. The number of hydrogen-bond acceptors (Lipinski definition) is 4. The van der Waals surface area contributed by atoms with Crippen molar-refractivity contribution in [1.29, 1.82) is 0 Å². The van der Waals surface area contributed by atoms with Crippen molar-refractivity contribution in [2.75, 3.05) is 0 Å². The van der Waals surface area contributed by atoms with Gasteiger partial charge in [0.05, 0.1) is 17.4 Å². The topological polar surface area (TPSA) is 63.8 Å². The molecule has 0 saturated carbocycles. The third-order valence-corrected chi connectivity index (χ3v) is 2.89. The molecule has 1 aromatic heterocycles. The molecular weight excluding hydrogens is 250 g/mol. The van der Waals surface area contributed by atoms with E-state index in [-0.39, 0.29) is 5.56 Å². The number of rotatable bonds is 3. The molecular formula is C13H14F2N4. The van der Waals surface area contributed by atoms with Gasteiger partial charge in [-0.3, -0.25) is 5.84 Å². The minimum Gasteiger partial charge on any atom is -0.271 e. The minimum atomic E-state index is -0.656. The molecule has 0 saturated heterocycles. The highest BCUT2D eigenvalue weighted by Gasteiger charge is 2.20. The van der Waals surface area contributed by atoms with Crippen LogP contribution in [-0.2, 0) is 0 Å². The van der Waals surface area contributed by atoms with E-state index < -0.39 is 17.7 Å². The van der Waals surface area contributed by atoms with E-state index in [1.54, 1.807) is 19.9 Å². The first kappa shape index (κ1) is 13.5. The van der Waals surface area contributed by atoms with Crippen molar-refractivity contribution in [3.8, 4) is 0 Å². The van der Waals surface area contributed by atoms with Crippen molar-refractivity contribution in [1.82, 2.24) is 15.6 Å². The highest BCUT2D eigenvalue weighted by atomic mass is 19.1. The van der Waals surface area contributed by atoms with E-state index in [0.717, 1.165) is 6.07 Å². The van der Waals surface area contributed by atoms with E-state index in [0.29, 0.717) is 17.0 Å². The first-order valence-electron chi connectivity index (χ1n) is 5.75. The minimum absolute atomic E-state index is 0.263. The molecule has 0 aliphatic carbocycles. The molecule has 6 heteroatoms. The maximum absolute atomic E-state index is 13.8. The van der Waals surface area contributed by atoms with Gasteiger partial charge in [-0.2, -0.15) is 10.2 Å². The maximum Gasteiger partial charge on any atom is 0.131 e. The summed E-state index contributed by atoms with van der Waals surface area (Å²) in [6, 6.07) is 4.56. The zero-order valence-corrected chi connectivity index (χ0v) is 10.6. The van der Waals surface area contributed by atoms with Gasteiger partial charge >= 0.3 is 0 Å². The lowest BCUT2D eigenvalue weighted by molar-refractivity contribution is 0.539. The third kappa shape index (κ3) is 2.74. The summed E-state index contributed by atoms with van der Waals surface area (Å²) in [4.78, 5) is 0. The van der Waals surface area contributed by atoms with Crippen LogP contribution in [0.1, 0.15) is 28.6 Å². The number of benzene rings is 1.